The monoisotopic (exact) mass is 293 g/mol. The molecule has 0 aliphatic carbocycles. The number of anilines is 1. The lowest BCUT2D eigenvalue weighted by Crippen LogP contribution is -2.15. The van der Waals surface area contributed by atoms with Crippen molar-refractivity contribution in [3.8, 4) is 5.75 Å². The molecule has 0 heterocycles. The Morgan fingerprint density at radius 2 is 2.05 bits per heavy atom. The van der Waals surface area contributed by atoms with Crippen LogP contribution in [-0.4, -0.2) is 25.1 Å². The summed E-state index contributed by atoms with van der Waals surface area (Å²) in [4.78, 5) is 23.0. The number of amides is 1. The maximum atomic E-state index is 11.8. The summed E-state index contributed by atoms with van der Waals surface area (Å²) in [5.74, 6) is 0.579. The fraction of sp³-hybridized carbons (Fsp3) is 0.500. The molecule has 0 aliphatic rings. The van der Waals surface area contributed by atoms with Gasteiger partial charge in [0.15, 0.2) is 6.61 Å². The number of esters is 1. The van der Waals surface area contributed by atoms with Gasteiger partial charge in [-0.3, -0.25) is 4.79 Å². The lowest BCUT2D eigenvalue weighted by molar-refractivity contribution is -0.145. The van der Waals surface area contributed by atoms with Gasteiger partial charge < -0.3 is 14.8 Å². The van der Waals surface area contributed by atoms with Gasteiger partial charge in [0.25, 0.3) is 0 Å². The molecule has 1 aromatic rings. The van der Waals surface area contributed by atoms with Crippen molar-refractivity contribution < 1.29 is 19.1 Å². The molecule has 0 radical (unpaired) electrons. The van der Waals surface area contributed by atoms with Crippen molar-refractivity contribution in [2.45, 2.75) is 33.6 Å². The average Bonchev–Trinajstić information content (AvgIpc) is 2.44. The molecule has 1 rings (SSSR count). The molecule has 21 heavy (non-hydrogen) atoms. The summed E-state index contributed by atoms with van der Waals surface area (Å²) in [6, 6.07) is 6.96. The molecular weight excluding hydrogens is 270 g/mol. The van der Waals surface area contributed by atoms with E-state index in [0.717, 1.165) is 6.42 Å². The maximum Gasteiger partial charge on any atom is 0.344 e. The molecule has 5 heteroatoms. The van der Waals surface area contributed by atoms with Crippen molar-refractivity contribution in [3.05, 3.63) is 24.3 Å². The van der Waals surface area contributed by atoms with Gasteiger partial charge in [0.2, 0.25) is 5.91 Å². The van der Waals surface area contributed by atoms with E-state index in [9.17, 15) is 9.59 Å². The summed E-state index contributed by atoms with van der Waals surface area (Å²) in [6.45, 7) is 6.09. The second-order valence-corrected chi connectivity index (χ2v) is 5.10. The van der Waals surface area contributed by atoms with E-state index in [1.807, 2.05) is 0 Å². The van der Waals surface area contributed by atoms with Crippen LogP contribution in [-0.2, 0) is 14.3 Å². The zero-order valence-corrected chi connectivity index (χ0v) is 12.8. The van der Waals surface area contributed by atoms with Crippen LogP contribution in [0.5, 0.6) is 5.75 Å². The number of carbonyl (C=O) groups excluding carboxylic acids is 2. The molecule has 116 valence electrons. The predicted octanol–water partition coefficient (Wildman–Crippen LogP) is 3.00. The largest absolute Gasteiger partial charge is 0.482 e. The normalized spacial score (nSPS) is 10.3. The Kier molecular flexibility index (Phi) is 7.29. The van der Waals surface area contributed by atoms with Gasteiger partial charge in [-0.1, -0.05) is 19.9 Å². The van der Waals surface area contributed by atoms with Gasteiger partial charge in [-0.2, -0.15) is 0 Å². The first kappa shape index (κ1) is 17.0. The fourth-order valence-corrected chi connectivity index (χ4v) is 1.65. The third-order valence-corrected chi connectivity index (χ3v) is 2.73. The summed E-state index contributed by atoms with van der Waals surface area (Å²) in [5.41, 5.74) is 0.658. The zero-order chi connectivity index (χ0) is 15.7. The lowest BCUT2D eigenvalue weighted by atomic mass is 10.1. The van der Waals surface area contributed by atoms with Gasteiger partial charge in [-0.25, -0.2) is 4.79 Å². The van der Waals surface area contributed by atoms with Crippen LogP contribution in [0.1, 0.15) is 33.6 Å². The van der Waals surface area contributed by atoms with Crippen LogP contribution in [0.15, 0.2) is 24.3 Å². The van der Waals surface area contributed by atoms with E-state index in [-0.39, 0.29) is 12.5 Å². The van der Waals surface area contributed by atoms with Crippen LogP contribution in [0.25, 0.3) is 0 Å². The lowest BCUT2D eigenvalue weighted by Gasteiger charge is -2.09. The SMILES string of the molecule is CCOC(=O)COc1cccc(NC(=O)CCC(C)C)c1. The third kappa shape index (κ3) is 7.34. The van der Waals surface area contributed by atoms with Gasteiger partial charge >= 0.3 is 5.97 Å². The van der Waals surface area contributed by atoms with Crippen LogP contribution in [0.3, 0.4) is 0 Å². The van der Waals surface area contributed by atoms with Crippen LogP contribution >= 0.6 is 0 Å². The van der Waals surface area contributed by atoms with Gasteiger partial charge in [-0.15, -0.1) is 0 Å². The van der Waals surface area contributed by atoms with E-state index in [2.05, 4.69) is 19.2 Å². The van der Waals surface area contributed by atoms with Crippen LogP contribution in [0.4, 0.5) is 5.69 Å². The van der Waals surface area contributed by atoms with E-state index in [0.29, 0.717) is 30.4 Å². The Balaban J connectivity index is 2.48. The van der Waals surface area contributed by atoms with E-state index >= 15 is 0 Å². The van der Waals surface area contributed by atoms with E-state index in [1.54, 1.807) is 31.2 Å². The van der Waals surface area contributed by atoms with Crippen molar-refractivity contribution >= 4 is 17.6 Å². The summed E-state index contributed by atoms with van der Waals surface area (Å²) >= 11 is 0. The van der Waals surface area contributed by atoms with Gasteiger partial charge in [0.1, 0.15) is 5.75 Å². The van der Waals surface area contributed by atoms with Crippen molar-refractivity contribution in [1.29, 1.82) is 0 Å². The van der Waals surface area contributed by atoms with Crippen LogP contribution in [0.2, 0.25) is 0 Å². The molecule has 1 N–H and O–H groups in total. The summed E-state index contributed by atoms with van der Waals surface area (Å²) < 4.78 is 10.1. The smallest absolute Gasteiger partial charge is 0.344 e. The van der Waals surface area contributed by atoms with Gasteiger partial charge in [-0.05, 0) is 31.4 Å². The molecule has 1 amide bonds. The molecule has 0 fully saturated rings. The fourth-order valence-electron chi connectivity index (χ4n) is 1.65. The van der Waals surface area contributed by atoms with Crippen molar-refractivity contribution in [1.82, 2.24) is 0 Å². The first-order chi connectivity index (χ1) is 10.0. The Labute approximate surface area is 125 Å². The molecular formula is C16H23NO4. The Morgan fingerprint density at radius 1 is 1.29 bits per heavy atom. The molecule has 0 aliphatic heterocycles. The second-order valence-electron chi connectivity index (χ2n) is 5.10. The molecule has 0 aromatic heterocycles. The Hall–Kier alpha value is -2.04. The molecule has 0 bridgehead atoms. The molecule has 5 nitrogen and oxygen atoms in total. The quantitative estimate of drug-likeness (QED) is 0.748. The molecule has 0 saturated heterocycles. The van der Waals surface area contributed by atoms with Gasteiger partial charge in [0, 0.05) is 18.2 Å². The predicted molar refractivity (Wildman–Crippen MR) is 81.3 cm³/mol. The molecule has 0 saturated carbocycles. The minimum atomic E-state index is -0.413. The first-order valence-corrected chi connectivity index (χ1v) is 7.19. The highest BCUT2D eigenvalue weighted by Gasteiger charge is 2.06. The average molecular weight is 293 g/mol. The number of hydrogen-bond donors (Lipinski definition) is 1. The van der Waals surface area contributed by atoms with E-state index in [4.69, 9.17) is 9.47 Å². The Bertz CT molecular complexity index is 471. The minimum absolute atomic E-state index is 0.0220. The van der Waals surface area contributed by atoms with Crippen LogP contribution < -0.4 is 10.1 Å². The number of benzene rings is 1. The summed E-state index contributed by atoms with van der Waals surface area (Å²) in [6.07, 6.45) is 1.34. The van der Waals surface area contributed by atoms with E-state index < -0.39 is 5.97 Å². The van der Waals surface area contributed by atoms with Crippen molar-refractivity contribution in [3.63, 3.8) is 0 Å². The van der Waals surface area contributed by atoms with Crippen molar-refractivity contribution in [2.24, 2.45) is 5.92 Å². The third-order valence-electron chi connectivity index (χ3n) is 2.73. The highest BCUT2D eigenvalue weighted by molar-refractivity contribution is 5.90. The second kappa shape index (κ2) is 9.00. The van der Waals surface area contributed by atoms with Crippen molar-refractivity contribution in [2.75, 3.05) is 18.5 Å². The highest BCUT2D eigenvalue weighted by atomic mass is 16.6. The molecule has 0 atom stereocenters. The number of ether oxygens (including phenoxy) is 2. The molecule has 0 spiro atoms. The molecule has 0 unspecified atom stereocenters. The van der Waals surface area contributed by atoms with Crippen LogP contribution in [0, 0.1) is 5.92 Å². The maximum absolute atomic E-state index is 11.8. The minimum Gasteiger partial charge on any atom is -0.482 e. The van der Waals surface area contributed by atoms with Gasteiger partial charge in [0.05, 0.1) is 6.61 Å². The molecule has 1 aromatic carbocycles. The topological polar surface area (TPSA) is 64.6 Å². The Morgan fingerprint density at radius 3 is 2.71 bits per heavy atom. The highest BCUT2D eigenvalue weighted by Crippen LogP contribution is 2.18. The number of carbonyl (C=O) groups is 2. The van der Waals surface area contributed by atoms with E-state index in [1.165, 1.54) is 0 Å². The standard InChI is InChI=1S/C16H23NO4/c1-4-20-16(19)11-21-14-7-5-6-13(10-14)17-15(18)9-8-12(2)3/h5-7,10,12H,4,8-9,11H2,1-3H3,(H,17,18). The number of nitrogens with one attached hydrogen (secondary N) is 1. The number of hydrogen-bond acceptors (Lipinski definition) is 4. The zero-order valence-electron chi connectivity index (χ0n) is 12.8. The number of rotatable bonds is 8. The summed E-state index contributed by atoms with van der Waals surface area (Å²) in [7, 11) is 0. The summed E-state index contributed by atoms with van der Waals surface area (Å²) in [5, 5.41) is 2.82. The first-order valence-electron chi connectivity index (χ1n) is 7.19.